The van der Waals surface area contributed by atoms with E-state index in [1.807, 2.05) is 24.4 Å². The van der Waals surface area contributed by atoms with E-state index in [-0.39, 0.29) is 12.4 Å². The van der Waals surface area contributed by atoms with Gasteiger partial charge >= 0.3 is 0 Å². The van der Waals surface area contributed by atoms with Gasteiger partial charge in [-0.05, 0) is 18.6 Å². The normalized spacial score (nSPS) is 10.3. The maximum atomic E-state index is 5.63. The Balaban J connectivity index is 0.00000400. The molecule has 1 aromatic heterocycles. The first kappa shape index (κ1) is 20.4. The highest BCUT2D eigenvalue weighted by atomic mass is 35.5. The second-order valence-corrected chi connectivity index (χ2v) is 5.56. The Morgan fingerprint density at radius 2 is 1.48 bits per heavy atom. The molecule has 0 aliphatic heterocycles. The van der Waals surface area contributed by atoms with Crippen LogP contribution in [0.3, 0.4) is 0 Å². The van der Waals surface area contributed by atoms with Crippen molar-refractivity contribution in [2.75, 3.05) is 6.61 Å². The van der Waals surface area contributed by atoms with Crippen molar-refractivity contribution < 1.29 is 4.74 Å². The fraction of sp³-hybridized carbons (Fsp3) is 0.722. The Labute approximate surface area is 137 Å². The first-order chi connectivity index (χ1) is 9.93. The molecule has 0 radical (unpaired) electrons. The number of aromatic nitrogens is 1. The molecule has 0 aliphatic carbocycles. The number of nitrogens with zero attached hydrogens (tertiary/aromatic N) is 1. The van der Waals surface area contributed by atoms with Crippen molar-refractivity contribution >= 4 is 12.4 Å². The maximum absolute atomic E-state index is 5.63. The molecule has 21 heavy (non-hydrogen) atoms. The number of rotatable bonds is 13. The molecule has 0 aliphatic rings. The summed E-state index contributed by atoms with van der Waals surface area (Å²) < 4.78 is 5.63. The fourth-order valence-corrected chi connectivity index (χ4v) is 2.35. The van der Waals surface area contributed by atoms with Gasteiger partial charge in [-0.15, -0.1) is 12.4 Å². The van der Waals surface area contributed by atoms with Gasteiger partial charge in [0.1, 0.15) is 0 Å². The minimum absolute atomic E-state index is 0. The average molecular weight is 314 g/mol. The molecule has 0 aromatic carbocycles. The predicted molar refractivity (Wildman–Crippen MR) is 93.0 cm³/mol. The van der Waals surface area contributed by atoms with Crippen molar-refractivity contribution in [3.63, 3.8) is 0 Å². The van der Waals surface area contributed by atoms with E-state index in [0.717, 1.165) is 12.3 Å². The second-order valence-electron chi connectivity index (χ2n) is 5.56. The number of pyridine rings is 1. The van der Waals surface area contributed by atoms with Crippen LogP contribution >= 0.6 is 12.4 Å². The van der Waals surface area contributed by atoms with E-state index in [4.69, 9.17) is 4.74 Å². The Morgan fingerprint density at radius 1 is 0.857 bits per heavy atom. The van der Waals surface area contributed by atoms with Crippen LogP contribution in [0.15, 0.2) is 24.4 Å². The van der Waals surface area contributed by atoms with Crippen molar-refractivity contribution in [1.82, 2.24) is 4.98 Å². The Morgan fingerprint density at radius 3 is 2.05 bits per heavy atom. The number of hydrogen-bond donors (Lipinski definition) is 0. The molecular weight excluding hydrogens is 282 g/mol. The largest absolute Gasteiger partial charge is 0.375 e. The van der Waals surface area contributed by atoms with Gasteiger partial charge in [0.25, 0.3) is 0 Å². The Kier molecular flexibility index (Phi) is 15.3. The van der Waals surface area contributed by atoms with Crippen molar-refractivity contribution in [3.8, 4) is 0 Å². The van der Waals surface area contributed by atoms with Crippen molar-refractivity contribution in [3.05, 3.63) is 30.1 Å². The Bertz CT molecular complexity index is 305. The summed E-state index contributed by atoms with van der Waals surface area (Å²) in [6.07, 6.45) is 15.5. The molecule has 0 saturated carbocycles. The zero-order chi connectivity index (χ0) is 14.3. The van der Waals surface area contributed by atoms with E-state index in [1.165, 1.54) is 64.2 Å². The standard InChI is InChI=1S/C18H31NO.ClH/c1-2-3-4-5-6-7-8-9-10-13-16-20-17-18-14-11-12-15-19-18;/h11-12,14-15H,2-10,13,16-17H2,1H3;1H. The number of hydrogen-bond acceptors (Lipinski definition) is 2. The van der Waals surface area contributed by atoms with E-state index in [0.29, 0.717) is 6.61 Å². The zero-order valence-electron chi connectivity index (χ0n) is 13.6. The molecule has 0 bridgehead atoms. The van der Waals surface area contributed by atoms with Crippen molar-refractivity contribution in [1.29, 1.82) is 0 Å². The molecule has 1 heterocycles. The van der Waals surface area contributed by atoms with Crippen molar-refractivity contribution in [2.45, 2.75) is 77.7 Å². The van der Waals surface area contributed by atoms with E-state index >= 15 is 0 Å². The summed E-state index contributed by atoms with van der Waals surface area (Å²) in [5, 5.41) is 0. The molecule has 2 nitrogen and oxygen atoms in total. The van der Waals surface area contributed by atoms with Gasteiger partial charge in [0.2, 0.25) is 0 Å². The van der Waals surface area contributed by atoms with Gasteiger partial charge in [-0.3, -0.25) is 4.98 Å². The molecule has 1 rings (SSSR count). The third-order valence-electron chi connectivity index (χ3n) is 3.62. The lowest BCUT2D eigenvalue weighted by atomic mass is 10.1. The minimum Gasteiger partial charge on any atom is -0.375 e. The zero-order valence-corrected chi connectivity index (χ0v) is 14.4. The van der Waals surface area contributed by atoms with Crippen LogP contribution in [0.1, 0.15) is 76.8 Å². The van der Waals surface area contributed by atoms with E-state index in [1.54, 1.807) is 0 Å². The van der Waals surface area contributed by atoms with E-state index in [9.17, 15) is 0 Å². The molecule has 0 unspecified atom stereocenters. The lowest BCUT2D eigenvalue weighted by Gasteiger charge is -2.04. The van der Waals surface area contributed by atoms with Crippen LogP contribution in [-0.4, -0.2) is 11.6 Å². The summed E-state index contributed by atoms with van der Waals surface area (Å²) >= 11 is 0. The van der Waals surface area contributed by atoms with Gasteiger partial charge in [0.05, 0.1) is 12.3 Å². The summed E-state index contributed by atoms with van der Waals surface area (Å²) in [7, 11) is 0. The van der Waals surface area contributed by atoms with Gasteiger partial charge in [0, 0.05) is 12.8 Å². The minimum atomic E-state index is 0. The molecule has 3 heteroatoms. The molecular formula is C18H32ClNO. The number of ether oxygens (including phenoxy) is 1. The van der Waals surface area contributed by atoms with Crippen LogP contribution < -0.4 is 0 Å². The van der Waals surface area contributed by atoms with Gasteiger partial charge in [-0.25, -0.2) is 0 Å². The van der Waals surface area contributed by atoms with E-state index < -0.39 is 0 Å². The predicted octanol–water partition coefficient (Wildman–Crippen LogP) is 5.94. The molecule has 1 aromatic rings. The monoisotopic (exact) mass is 313 g/mol. The summed E-state index contributed by atoms with van der Waals surface area (Å²) in [6, 6.07) is 5.95. The lowest BCUT2D eigenvalue weighted by molar-refractivity contribution is 0.114. The highest BCUT2D eigenvalue weighted by molar-refractivity contribution is 5.85. The molecule has 0 atom stereocenters. The van der Waals surface area contributed by atoms with Crippen LogP contribution in [-0.2, 0) is 11.3 Å². The molecule has 0 amide bonds. The first-order valence-corrected chi connectivity index (χ1v) is 8.41. The third-order valence-corrected chi connectivity index (χ3v) is 3.62. The third kappa shape index (κ3) is 12.8. The summed E-state index contributed by atoms with van der Waals surface area (Å²) in [5.74, 6) is 0. The van der Waals surface area contributed by atoms with Gasteiger partial charge in [-0.1, -0.05) is 70.8 Å². The average Bonchev–Trinajstić information content (AvgIpc) is 2.49. The highest BCUT2D eigenvalue weighted by Crippen LogP contribution is 2.10. The Hall–Kier alpha value is -0.600. The van der Waals surface area contributed by atoms with Gasteiger partial charge in [0.15, 0.2) is 0 Å². The number of unbranched alkanes of at least 4 members (excludes halogenated alkanes) is 9. The van der Waals surface area contributed by atoms with Crippen molar-refractivity contribution in [2.24, 2.45) is 0 Å². The number of halogens is 1. The van der Waals surface area contributed by atoms with Crippen LogP contribution in [0.4, 0.5) is 0 Å². The summed E-state index contributed by atoms with van der Waals surface area (Å²) in [4.78, 5) is 4.24. The van der Waals surface area contributed by atoms with Crippen LogP contribution in [0, 0.1) is 0 Å². The molecule has 0 spiro atoms. The smallest absolute Gasteiger partial charge is 0.0887 e. The SMILES string of the molecule is CCCCCCCCCCCCOCc1ccccn1.Cl. The summed E-state index contributed by atoms with van der Waals surface area (Å²) in [5.41, 5.74) is 1.03. The van der Waals surface area contributed by atoms with E-state index in [2.05, 4.69) is 11.9 Å². The molecule has 0 saturated heterocycles. The molecule has 0 N–H and O–H groups in total. The molecule has 122 valence electrons. The highest BCUT2D eigenvalue weighted by Gasteiger charge is 1.95. The van der Waals surface area contributed by atoms with Crippen LogP contribution in [0.25, 0.3) is 0 Å². The molecule has 0 fully saturated rings. The quantitative estimate of drug-likeness (QED) is 0.420. The van der Waals surface area contributed by atoms with Crippen LogP contribution in [0.5, 0.6) is 0 Å². The summed E-state index contributed by atoms with van der Waals surface area (Å²) in [6.45, 7) is 3.79. The lowest BCUT2D eigenvalue weighted by Crippen LogP contribution is -1.97. The maximum Gasteiger partial charge on any atom is 0.0887 e. The first-order valence-electron chi connectivity index (χ1n) is 8.41. The fourth-order valence-electron chi connectivity index (χ4n) is 2.35. The van der Waals surface area contributed by atoms with Gasteiger partial charge in [-0.2, -0.15) is 0 Å². The topological polar surface area (TPSA) is 22.1 Å². The van der Waals surface area contributed by atoms with Crippen LogP contribution in [0.2, 0.25) is 0 Å². The second kappa shape index (κ2) is 15.8. The van der Waals surface area contributed by atoms with Gasteiger partial charge < -0.3 is 4.74 Å².